The monoisotopic (exact) mass is 260 g/mol. The van der Waals surface area contributed by atoms with Gasteiger partial charge in [0.05, 0.1) is 5.57 Å². The van der Waals surface area contributed by atoms with Gasteiger partial charge in [-0.05, 0) is 33.6 Å². The van der Waals surface area contributed by atoms with Crippen LogP contribution in [0.25, 0.3) is 0 Å². The van der Waals surface area contributed by atoms with Crippen LogP contribution in [0.15, 0.2) is 11.3 Å². The minimum absolute atomic E-state index is 0.126. The second-order valence-electron chi connectivity index (χ2n) is 4.80. The number of hydrogen-bond donors (Lipinski definition) is 2. The fourth-order valence-electron chi connectivity index (χ4n) is 1.05. The predicted molar refractivity (Wildman–Crippen MR) is 63.7 cm³/mol. The van der Waals surface area contributed by atoms with E-state index in [0.29, 0.717) is 6.42 Å². The molecule has 0 atom stereocenters. The Bertz CT molecular complexity index is 337. The van der Waals surface area contributed by atoms with E-state index in [4.69, 9.17) is 15.1 Å². The first kappa shape index (κ1) is 16.4. The highest BCUT2D eigenvalue weighted by Crippen LogP contribution is 2.18. The van der Waals surface area contributed by atoms with Gasteiger partial charge < -0.3 is 15.1 Å². The maximum Gasteiger partial charge on any atom is 0.375 e. The summed E-state index contributed by atoms with van der Waals surface area (Å²) < 4.78 is 0. The first-order valence-corrected chi connectivity index (χ1v) is 5.74. The summed E-state index contributed by atoms with van der Waals surface area (Å²) in [5.74, 6) is -3.42. The van der Waals surface area contributed by atoms with E-state index in [9.17, 15) is 9.59 Å². The van der Waals surface area contributed by atoms with Crippen LogP contribution in [-0.4, -0.2) is 27.8 Å². The molecule has 0 unspecified atom stereocenters. The SMILES string of the molecule is CCCC/C(C(=O)O)=C(/OOC(C)(C)C)C(=O)O. The Morgan fingerprint density at radius 2 is 1.67 bits per heavy atom. The highest BCUT2D eigenvalue weighted by atomic mass is 17.2. The van der Waals surface area contributed by atoms with Gasteiger partial charge in [0, 0.05) is 0 Å². The molecule has 0 heterocycles. The van der Waals surface area contributed by atoms with Gasteiger partial charge in [-0.3, -0.25) is 0 Å². The van der Waals surface area contributed by atoms with Crippen molar-refractivity contribution in [3.63, 3.8) is 0 Å². The van der Waals surface area contributed by atoms with E-state index in [0.717, 1.165) is 6.42 Å². The first-order chi connectivity index (χ1) is 8.19. The van der Waals surface area contributed by atoms with Gasteiger partial charge in [-0.25, -0.2) is 9.59 Å². The number of aliphatic carboxylic acids is 2. The largest absolute Gasteiger partial charge is 0.478 e. The van der Waals surface area contributed by atoms with Crippen LogP contribution in [-0.2, 0) is 19.4 Å². The quantitative estimate of drug-likeness (QED) is 0.316. The van der Waals surface area contributed by atoms with E-state index < -0.39 is 23.3 Å². The molecular weight excluding hydrogens is 240 g/mol. The minimum atomic E-state index is -1.45. The Morgan fingerprint density at radius 3 is 2.00 bits per heavy atom. The summed E-state index contributed by atoms with van der Waals surface area (Å²) in [5, 5.41) is 18.0. The van der Waals surface area contributed by atoms with Crippen molar-refractivity contribution >= 4 is 11.9 Å². The van der Waals surface area contributed by atoms with Crippen molar-refractivity contribution in [2.75, 3.05) is 0 Å². The molecule has 0 saturated carbocycles. The van der Waals surface area contributed by atoms with Crippen LogP contribution in [0.3, 0.4) is 0 Å². The van der Waals surface area contributed by atoms with Crippen LogP contribution in [0.2, 0.25) is 0 Å². The highest BCUT2D eigenvalue weighted by molar-refractivity contribution is 5.97. The molecule has 0 aromatic heterocycles. The van der Waals surface area contributed by atoms with Gasteiger partial charge in [-0.2, -0.15) is 4.89 Å². The standard InChI is InChI=1S/C12H20O6/c1-5-6-7-8(10(13)14)9(11(15)16)17-18-12(2,3)4/h5-7H2,1-4H3,(H,13,14)(H,15,16)/b9-8-. The van der Waals surface area contributed by atoms with Crippen LogP contribution < -0.4 is 0 Å². The van der Waals surface area contributed by atoms with Crippen LogP contribution in [0, 0.1) is 0 Å². The molecule has 0 fully saturated rings. The zero-order valence-corrected chi connectivity index (χ0v) is 11.1. The summed E-state index contributed by atoms with van der Waals surface area (Å²) in [7, 11) is 0. The first-order valence-electron chi connectivity index (χ1n) is 5.74. The molecule has 6 nitrogen and oxygen atoms in total. The fraction of sp³-hybridized carbons (Fsp3) is 0.667. The predicted octanol–water partition coefficient (Wildman–Crippen LogP) is 2.35. The van der Waals surface area contributed by atoms with Gasteiger partial charge in [0.2, 0.25) is 0 Å². The van der Waals surface area contributed by atoms with E-state index in [1.165, 1.54) is 0 Å². The molecule has 0 spiro atoms. The molecule has 0 amide bonds. The summed E-state index contributed by atoms with van der Waals surface area (Å²) in [6.45, 7) is 6.88. The lowest BCUT2D eigenvalue weighted by Gasteiger charge is -2.18. The highest BCUT2D eigenvalue weighted by Gasteiger charge is 2.25. The van der Waals surface area contributed by atoms with Crippen LogP contribution in [0.4, 0.5) is 0 Å². The zero-order valence-electron chi connectivity index (χ0n) is 11.1. The molecule has 2 N–H and O–H groups in total. The van der Waals surface area contributed by atoms with Crippen molar-refractivity contribution < 1.29 is 29.6 Å². The van der Waals surface area contributed by atoms with Crippen molar-refractivity contribution in [3.05, 3.63) is 11.3 Å². The molecule has 0 aromatic carbocycles. The van der Waals surface area contributed by atoms with Crippen molar-refractivity contribution in [3.8, 4) is 0 Å². The van der Waals surface area contributed by atoms with Crippen LogP contribution >= 0.6 is 0 Å². The smallest absolute Gasteiger partial charge is 0.375 e. The van der Waals surface area contributed by atoms with Crippen molar-refractivity contribution in [1.82, 2.24) is 0 Å². The Morgan fingerprint density at radius 1 is 1.11 bits per heavy atom. The molecule has 0 aliphatic heterocycles. The molecule has 104 valence electrons. The maximum atomic E-state index is 11.0. The average molecular weight is 260 g/mol. The fourth-order valence-corrected chi connectivity index (χ4v) is 1.05. The second-order valence-corrected chi connectivity index (χ2v) is 4.80. The normalized spacial score (nSPS) is 12.9. The molecule has 0 aliphatic rings. The van der Waals surface area contributed by atoms with Gasteiger partial charge in [0.15, 0.2) is 0 Å². The van der Waals surface area contributed by atoms with Crippen molar-refractivity contribution in [1.29, 1.82) is 0 Å². The van der Waals surface area contributed by atoms with Crippen molar-refractivity contribution in [2.45, 2.75) is 52.6 Å². The van der Waals surface area contributed by atoms with Gasteiger partial charge in [0.25, 0.3) is 5.76 Å². The van der Waals surface area contributed by atoms with Gasteiger partial charge in [-0.15, -0.1) is 0 Å². The number of unbranched alkanes of at least 4 members (excludes halogenated alkanes) is 1. The molecule has 6 heteroatoms. The zero-order chi connectivity index (χ0) is 14.3. The van der Waals surface area contributed by atoms with E-state index in [1.807, 2.05) is 6.92 Å². The topological polar surface area (TPSA) is 93.1 Å². The van der Waals surface area contributed by atoms with E-state index in [1.54, 1.807) is 20.8 Å². The van der Waals surface area contributed by atoms with Crippen LogP contribution in [0.1, 0.15) is 47.0 Å². The van der Waals surface area contributed by atoms with E-state index in [-0.39, 0.29) is 12.0 Å². The van der Waals surface area contributed by atoms with Crippen molar-refractivity contribution in [2.24, 2.45) is 0 Å². The summed E-state index contributed by atoms with van der Waals surface area (Å²) in [4.78, 5) is 31.6. The lowest BCUT2D eigenvalue weighted by atomic mass is 10.1. The molecule has 0 bridgehead atoms. The summed E-state index contributed by atoms with van der Waals surface area (Å²) in [6, 6.07) is 0. The number of rotatable bonds is 7. The molecule has 0 radical (unpaired) electrons. The van der Waals surface area contributed by atoms with Gasteiger partial charge >= 0.3 is 11.9 Å². The lowest BCUT2D eigenvalue weighted by molar-refractivity contribution is -0.321. The molecule has 0 saturated heterocycles. The van der Waals surface area contributed by atoms with Crippen LogP contribution in [0.5, 0.6) is 0 Å². The number of carboxylic acids is 2. The third-order valence-corrected chi connectivity index (χ3v) is 1.88. The number of carboxylic acid groups (broad SMARTS) is 2. The Hall–Kier alpha value is -1.56. The molecular formula is C12H20O6. The maximum absolute atomic E-state index is 11.0. The molecule has 18 heavy (non-hydrogen) atoms. The molecule has 0 aliphatic carbocycles. The molecule has 0 aromatic rings. The third-order valence-electron chi connectivity index (χ3n) is 1.88. The summed E-state index contributed by atoms with van der Waals surface area (Å²) >= 11 is 0. The second kappa shape index (κ2) is 7.00. The Labute approximate surface area is 106 Å². The van der Waals surface area contributed by atoms with E-state index in [2.05, 4.69) is 4.89 Å². The lowest BCUT2D eigenvalue weighted by Crippen LogP contribution is -2.23. The van der Waals surface area contributed by atoms with Gasteiger partial charge in [-0.1, -0.05) is 13.3 Å². The molecule has 0 rings (SSSR count). The third kappa shape index (κ3) is 6.24. The Kier molecular flexibility index (Phi) is 6.40. The summed E-state index contributed by atoms with van der Waals surface area (Å²) in [5.41, 5.74) is -1.01. The Balaban J connectivity index is 5.09. The van der Waals surface area contributed by atoms with Gasteiger partial charge in [0.1, 0.15) is 5.60 Å². The number of hydrogen-bond acceptors (Lipinski definition) is 4. The average Bonchev–Trinajstić information content (AvgIpc) is 2.20. The summed E-state index contributed by atoms with van der Waals surface area (Å²) in [6.07, 6.45) is 1.45. The number of carbonyl (C=O) groups is 2. The minimum Gasteiger partial charge on any atom is -0.478 e. The van der Waals surface area contributed by atoms with E-state index >= 15 is 0 Å².